The molecule has 7 heteroatoms. The van der Waals surface area contributed by atoms with Crippen molar-refractivity contribution in [3.8, 4) is 17.1 Å². The number of aromatic nitrogens is 3. The predicted molar refractivity (Wildman–Crippen MR) is 104 cm³/mol. The van der Waals surface area contributed by atoms with E-state index in [4.69, 9.17) is 4.74 Å². The summed E-state index contributed by atoms with van der Waals surface area (Å²) >= 11 is 1.29. The number of thioether (sulfide) groups is 1. The Morgan fingerprint density at radius 3 is 2.65 bits per heavy atom. The molecule has 0 radical (unpaired) electrons. The minimum atomic E-state index is -0.107. The van der Waals surface area contributed by atoms with E-state index in [9.17, 15) is 4.79 Å². The second-order valence-electron chi connectivity index (χ2n) is 5.85. The monoisotopic (exact) mass is 368 g/mol. The number of ether oxygens (including phenoxy) is 1. The van der Waals surface area contributed by atoms with Crippen molar-refractivity contribution in [3.63, 3.8) is 0 Å². The Kier molecular flexibility index (Phi) is 5.58. The molecule has 0 saturated carbocycles. The van der Waals surface area contributed by atoms with Crippen molar-refractivity contribution < 1.29 is 9.53 Å². The normalized spacial score (nSPS) is 10.6. The summed E-state index contributed by atoms with van der Waals surface area (Å²) in [6, 6.07) is 13.6. The highest BCUT2D eigenvalue weighted by molar-refractivity contribution is 7.99. The standard InChI is InChI=1S/C19H20N4O2S/c1-12-4-6-14(7-5-12)18-21-19(23-22-18)26-11-17(24)20-16-9-8-15(25-3)10-13(16)2/h4-10H,11H2,1-3H3,(H,20,24)(H,21,22,23). The van der Waals surface area contributed by atoms with Gasteiger partial charge in [-0.1, -0.05) is 41.6 Å². The summed E-state index contributed by atoms with van der Waals surface area (Å²) in [6.45, 7) is 3.96. The number of amides is 1. The van der Waals surface area contributed by atoms with Crippen molar-refractivity contribution in [2.24, 2.45) is 0 Å². The predicted octanol–water partition coefficient (Wildman–Crippen LogP) is 3.83. The maximum Gasteiger partial charge on any atom is 0.234 e. The van der Waals surface area contributed by atoms with Crippen LogP contribution in [-0.2, 0) is 4.79 Å². The molecule has 0 atom stereocenters. The van der Waals surface area contributed by atoms with Crippen LogP contribution in [0.15, 0.2) is 47.6 Å². The van der Waals surface area contributed by atoms with Gasteiger partial charge in [-0.15, -0.1) is 5.10 Å². The molecule has 3 rings (SSSR count). The zero-order valence-electron chi connectivity index (χ0n) is 14.9. The Bertz CT molecular complexity index is 906. The number of aromatic amines is 1. The first-order valence-corrected chi connectivity index (χ1v) is 9.10. The van der Waals surface area contributed by atoms with Crippen LogP contribution in [0.3, 0.4) is 0 Å². The highest BCUT2D eigenvalue weighted by atomic mass is 32.2. The average molecular weight is 368 g/mol. The molecule has 0 spiro atoms. The van der Waals surface area contributed by atoms with E-state index in [0.29, 0.717) is 11.0 Å². The molecular weight excluding hydrogens is 348 g/mol. The lowest BCUT2D eigenvalue weighted by Crippen LogP contribution is -2.15. The summed E-state index contributed by atoms with van der Waals surface area (Å²) in [7, 11) is 1.62. The molecule has 6 nitrogen and oxygen atoms in total. The van der Waals surface area contributed by atoms with Crippen molar-refractivity contribution >= 4 is 23.4 Å². The topological polar surface area (TPSA) is 79.9 Å². The van der Waals surface area contributed by atoms with Gasteiger partial charge >= 0.3 is 0 Å². The summed E-state index contributed by atoms with van der Waals surface area (Å²) in [5.41, 5.74) is 3.87. The first-order chi connectivity index (χ1) is 12.5. The molecule has 26 heavy (non-hydrogen) atoms. The summed E-state index contributed by atoms with van der Waals surface area (Å²) in [5.74, 6) is 1.58. The van der Waals surface area contributed by atoms with Crippen LogP contribution in [0.5, 0.6) is 5.75 Å². The van der Waals surface area contributed by atoms with E-state index >= 15 is 0 Å². The van der Waals surface area contributed by atoms with Crippen LogP contribution < -0.4 is 10.1 Å². The Labute approximate surface area is 156 Å². The van der Waals surface area contributed by atoms with Gasteiger partial charge in [-0.3, -0.25) is 9.89 Å². The lowest BCUT2D eigenvalue weighted by atomic mass is 10.1. The van der Waals surface area contributed by atoms with E-state index in [1.54, 1.807) is 7.11 Å². The molecule has 0 unspecified atom stereocenters. The number of H-pyrrole nitrogens is 1. The van der Waals surface area contributed by atoms with E-state index < -0.39 is 0 Å². The Morgan fingerprint density at radius 1 is 1.19 bits per heavy atom. The third-order valence-corrected chi connectivity index (χ3v) is 4.68. The van der Waals surface area contributed by atoms with Gasteiger partial charge in [-0.2, -0.15) is 0 Å². The third kappa shape index (κ3) is 4.43. The molecule has 1 amide bonds. The van der Waals surface area contributed by atoms with Crippen LogP contribution in [0.1, 0.15) is 11.1 Å². The molecule has 0 aliphatic heterocycles. The molecule has 0 aliphatic carbocycles. The number of hydrogen-bond acceptors (Lipinski definition) is 5. The van der Waals surface area contributed by atoms with Gasteiger partial charge in [-0.05, 0) is 37.6 Å². The second kappa shape index (κ2) is 8.05. The minimum Gasteiger partial charge on any atom is -0.497 e. The number of methoxy groups -OCH3 is 1. The third-order valence-electron chi connectivity index (χ3n) is 3.83. The zero-order valence-corrected chi connectivity index (χ0v) is 15.7. The first kappa shape index (κ1) is 18.0. The van der Waals surface area contributed by atoms with Gasteiger partial charge in [0, 0.05) is 11.3 Å². The average Bonchev–Trinajstić information content (AvgIpc) is 3.11. The van der Waals surface area contributed by atoms with Gasteiger partial charge in [0.1, 0.15) is 5.75 Å². The smallest absolute Gasteiger partial charge is 0.234 e. The Morgan fingerprint density at radius 2 is 1.96 bits per heavy atom. The lowest BCUT2D eigenvalue weighted by molar-refractivity contribution is -0.113. The maximum atomic E-state index is 12.2. The van der Waals surface area contributed by atoms with Crippen LogP contribution in [0.2, 0.25) is 0 Å². The SMILES string of the molecule is COc1ccc(NC(=O)CSc2n[nH]c(-c3ccc(C)cc3)n2)c(C)c1. The molecular formula is C19H20N4O2S. The van der Waals surface area contributed by atoms with Crippen LogP contribution in [0.4, 0.5) is 5.69 Å². The number of aryl methyl sites for hydroxylation is 2. The van der Waals surface area contributed by atoms with E-state index in [2.05, 4.69) is 20.5 Å². The molecule has 0 fully saturated rings. The second-order valence-corrected chi connectivity index (χ2v) is 6.79. The number of carbonyl (C=O) groups is 1. The molecule has 0 saturated heterocycles. The van der Waals surface area contributed by atoms with Crippen molar-refractivity contribution in [2.45, 2.75) is 19.0 Å². The van der Waals surface area contributed by atoms with Crippen LogP contribution in [-0.4, -0.2) is 34.0 Å². The molecule has 2 N–H and O–H groups in total. The summed E-state index contributed by atoms with van der Waals surface area (Å²) in [4.78, 5) is 16.6. The number of anilines is 1. The summed E-state index contributed by atoms with van der Waals surface area (Å²) in [6.07, 6.45) is 0. The molecule has 1 heterocycles. The molecule has 3 aromatic rings. The van der Waals surface area contributed by atoms with Crippen molar-refractivity contribution in [2.75, 3.05) is 18.2 Å². The molecule has 0 bridgehead atoms. The molecule has 1 aromatic heterocycles. The fraction of sp³-hybridized carbons (Fsp3) is 0.211. The number of hydrogen-bond donors (Lipinski definition) is 2. The van der Waals surface area contributed by atoms with Gasteiger partial charge in [-0.25, -0.2) is 4.98 Å². The van der Waals surface area contributed by atoms with E-state index in [-0.39, 0.29) is 11.7 Å². The quantitative estimate of drug-likeness (QED) is 0.647. The highest BCUT2D eigenvalue weighted by Crippen LogP contribution is 2.22. The van der Waals surface area contributed by atoms with Crippen LogP contribution in [0.25, 0.3) is 11.4 Å². The van der Waals surface area contributed by atoms with Gasteiger partial charge in [0.2, 0.25) is 11.1 Å². The number of benzene rings is 2. The molecule has 134 valence electrons. The van der Waals surface area contributed by atoms with Gasteiger partial charge in [0.25, 0.3) is 0 Å². The largest absolute Gasteiger partial charge is 0.497 e. The van der Waals surface area contributed by atoms with Gasteiger partial charge in [0.05, 0.1) is 12.9 Å². The maximum absolute atomic E-state index is 12.2. The van der Waals surface area contributed by atoms with Crippen LogP contribution >= 0.6 is 11.8 Å². The minimum absolute atomic E-state index is 0.107. The Balaban J connectivity index is 1.57. The Hall–Kier alpha value is -2.80. The van der Waals surface area contributed by atoms with Crippen LogP contribution in [0, 0.1) is 13.8 Å². The highest BCUT2D eigenvalue weighted by Gasteiger charge is 2.10. The van der Waals surface area contributed by atoms with Gasteiger partial charge in [0.15, 0.2) is 5.82 Å². The fourth-order valence-electron chi connectivity index (χ4n) is 2.37. The number of carbonyl (C=O) groups excluding carboxylic acids is 1. The van der Waals surface area contributed by atoms with E-state index in [1.807, 2.05) is 56.3 Å². The summed E-state index contributed by atoms with van der Waals surface area (Å²) < 4.78 is 5.17. The number of nitrogens with zero attached hydrogens (tertiary/aromatic N) is 2. The number of nitrogens with one attached hydrogen (secondary N) is 2. The van der Waals surface area contributed by atoms with Crippen molar-refractivity contribution in [3.05, 3.63) is 53.6 Å². The van der Waals surface area contributed by atoms with E-state index in [0.717, 1.165) is 22.6 Å². The first-order valence-electron chi connectivity index (χ1n) is 8.12. The molecule has 2 aromatic carbocycles. The van der Waals surface area contributed by atoms with Crippen molar-refractivity contribution in [1.82, 2.24) is 15.2 Å². The van der Waals surface area contributed by atoms with E-state index in [1.165, 1.54) is 17.3 Å². The zero-order chi connectivity index (χ0) is 18.5. The number of rotatable bonds is 6. The van der Waals surface area contributed by atoms with Crippen molar-refractivity contribution in [1.29, 1.82) is 0 Å². The molecule has 0 aliphatic rings. The fourth-order valence-corrected chi connectivity index (χ4v) is 2.97. The van der Waals surface area contributed by atoms with Gasteiger partial charge < -0.3 is 10.1 Å². The summed E-state index contributed by atoms with van der Waals surface area (Å²) in [5, 5.41) is 10.5. The lowest BCUT2D eigenvalue weighted by Gasteiger charge is -2.09.